The Morgan fingerprint density at radius 2 is 0.721 bits per heavy atom. The molecule has 2 aromatic heterocycles. The summed E-state index contributed by atoms with van der Waals surface area (Å²) in [6.07, 6.45) is -0.103. The highest BCUT2D eigenvalue weighted by molar-refractivity contribution is 7.32. The van der Waals surface area contributed by atoms with Crippen LogP contribution in [-0.4, -0.2) is 25.4 Å². The van der Waals surface area contributed by atoms with Gasteiger partial charge in [-0.05, 0) is 111 Å². The first-order valence-electron chi connectivity index (χ1n) is 21.9. The maximum absolute atomic E-state index is 6.94. The van der Waals surface area contributed by atoms with Crippen LogP contribution in [0.25, 0.3) is 43.9 Å². The van der Waals surface area contributed by atoms with Crippen molar-refractivity contribution in [1.82, 2.24) is 0 Å². The summed E-state index contributed by atoms with van der Waals surface area (Å²) in [5, 5.41) is 3.83. The summed E-state index contributed by atoms with van der Waals surface area (Å²) >= 11 is 0. The highest BCUT2D eigenvalue weighted by Gasteiger charge is 2.29. The number of ether oxygens (including phenoxy) is 2. The molecule has 0 saturated carbocycles. The highest BCUT2D eigenvalue weighted by Crippen LogP contribution is 2.46. The van der Waals surface area contributed by atoms with Crippen molar-refractivity contribution in [3.05, 3.63) is 81.9 Å². The molecule has 0 fully saturated rings. The van der Waals surface area contributed by atoms with Gasteiger partial charge in [-0.25, -0.2) is 0 Å². The number of fused-ring (bicyclic) bond motifs is 6. The van der Waals surface area contributed by atoms with Gasteiger partial charge in [0.25, 0.3) is 0 Å². The third kappa shape index (κ3) is 10.4. The molecule has 0 spiro atoms. The minimum absolute atomic E-state index is 0.181. The summed E-state index contributed by atoms with van der Waals surface area (Å²) in [5.41, 5.74) is 8.75. The molecule has 2 atom stereocenters. The lowest BCUT2D eigenvalue weighted by molar-refractivity contribution is 0.184. The molecule has 0 aliphatic rings. The van der Waals surface area contributed by atoms with Crippen LogP contribution < -0.4 is 18.5 Å². The van der Waals surface area contributed by atoms with E-state index in [0.717, 1.165) is 77.6 Å². The topological polar surface area (TPSA) is 89.5 Å². The molecule has 0 N–H and O–H groups in total. The summed E-state index contributed by atoms with van der Waals surface area (Å²) in [7, 11) is -3.80. The monoisotopic (exact) mass is 872 g/mol. The first-order chi connectivity index (χ1) is 28.3. The highest BCUT2D eigenvalue weighted by atomic mass is 31.1. The van der Waals surface area contributed by atoms with E-state index in [1.807, 2.05) is 27.7 Å². The van der Waals surface area contributed by atoms with E-state index in [-0.39, 0.29) is 33.9 Å². The van der Waals surface area contributed by atoms with E-state index < -0.39 is 16.5 Å². The number of hydrogen-bond acceptors (Lipinski definition) is 8. The molecule has 61 heavy (non-hydrogen) atoms. The maximum atomic E-state index is 6.94. The van der Waals surface area contributed by atoms with Crippen LogP contribution in [0.1, 0.15) is 151 Å². The molecule has 0 unspecified atom stereocenters. The van der Waals surface area contributed by atoms with Gasteiger partial charge in [-0.1, -0.05) is 95.2 Å². The molecule has 0 bridgehead atoms. The fraction of sp³-hybridized carbons (Fsp3) is 0.529. The molecule has 8 nitrogen and oxygen atoms in total. The Labute approximate surface area is 365 Å². The Bertz CT molecular complexity index is 2470. The van der Waals surface area contributed by atoms with E-state index in [0.29, 0.717) is 19.6 Å². The van der Waals surface area contributed by atoms with Crippen molar-refractivity contribution < 1.29 is 35.3 Å². The second kappa shape index (κ2) is 17.4. The first-order valence-corrected chi connectivity index (χ1v) is 24.1. The smallest absolute Gasteiger partial charge is 0.387 e. The van der Waals surface area contributed by atoms with E-state index >= 15 is 0 Å². The van der Waals surface area contributed by atoms with Gasteiger partial charge in [-0.3, -0.25) is 9.05 Å². The van der Waals surface area contributed by atoms with Crippen LogP contribution in [0.3, 0.4) is 0 Å². The van der Waals surface area contributed by atoms with Gasteiger partial charge < -0.3 is 26.3 Å². The van der Waals surface area contributed by atoms with Crippen molar-refractivity contribution in [3.8, 4) is 11.5 Å². The predicted molar refractivity (Wildman–Crippen MR) is 256 cm³/mol. The first kappa shape index (κ1) is 46.7. The molecule has 4 aromatic carbocycles. The molecule has 0 aliphatic heterocycles. The van der Waals surface area contributed by atoms with E-state index in [4.69, 9.17) is 35.3 Å². The largest absolute Gasteiger partial charge is 0.494 e. The summed E-state index contributed by atoms with van der Waals surface area (Å²) in [4.78, 5) is 0. The molecular weight excluding hydrogens is 803 g/mol. The SMILES string of the molecule is CCOc1cc(C(C)(C)C)c2op(O[C@H](C)C[C@@H](C)Op3oc4c(C(C)(C)C)cc(C)cc4c4cc(C)cc(C(C)(C)C)c4o3)oc3c(C(C)(C)C)cc(OCC)cc3c2c1. The summed E-state index contributed by atoms with van der Waals surface area (Å²) in [5.74, 6) is 1.55. The van der Waals surface area contributed by atoms with Crippen molar-refractivity contribution in [2.45, 2.75) is 165 Å². The van der Waals surface area contributed by atoms with Crippen molar-refractivity contribution >= 4 is 60.4 Å². The van der Waals surface area contributed by atoms with Crippen LogP contribution in [0.4, 0.5) is 0 Å². The lowest BCUT2D eigenvalue weighted by Gasteiger charge is -2.22. The van der Waals surface area contributed by atoms with Crippen LogP contribution in [0.15, 0.2) is 65.3 Å². The third-order valence-corrected chi connectivity index (χ3v) is 13.3. The van der Waals surface area contributed by atoms with Crippen LogP contribution in [-0.2, 0) is 21.7 Å². The van der Waals surface area contributed by atoms with Gasteiger partial charge >= 0.3 is 16.5 Å². The third-order valence-electron chi connectivity index (χ3n) is 10.9. The summed E-state index contributed by atoms with van der Waals surface area (Å²) in [6, 6.07) is 17.2. The molecule has 0 saturated heterocycles. The molecule has 6 aromatic rings. The summed E-state index contributed by atoms with van der Waals surface area (Å²) < 4.78 is 53.7. The van der Waals surface area contributed by atoms with E-state index in [9.17, 15) is 0 Å². The van der Waals surface area contributed by atoms with Crippen LogP contribution in [0.2, 0.25) is 0 Å². The number of hydrogen-bond donors (Lipinski definition) is 0. The zero-order chi connectivity index (χ0) is 45.0. The normalized spacial score (nSPS) is 13.9. The Balaban J connectivity index is 1.49. The zero-order valence-electron chi connectivity index (χ0n) is 40.1. The Hall–Kier alpha value is -3.80. The average molecular weight is 873 g/mol. The number of aryl methyl sites for hydroxylation is 2. The van der Waals surface area contributed by atoms with Gasteiger partial charge in [-0.2, -0.15) is 0 Å². The van der Waals surface area contributed by atoms with E-state index in [1.54, 1.807) is 0 Å². The molecule has 0 radical (unpaired) electrons. The fourth-order valence-electron chi connectivity index (χ4n) is 7.94. The molecular formula is C51H70O8P2. The number of rotatable bonds is 10. The molecule has 10 heteroatoms. The minimum atomic E-state index is -1.93. The molecule has 0 amide bonds. The molecule has 0 aliphatic carbocycles. The lowest BCUT2D eigenvalue weighted by atomic mass is 9.83. The van der Waals surface area contributed by atoms with Crippen molar-refractivity contribution in [2.24, 2.45) is 0 Å². The Kier molecular flexibility index (Phi) is 13.3. The van der Waals surface area contributed by atoms with Crippen LogP contribution in [0.5, 0.6) is 11.5 Å². The average Bonchev–Trinajstić information content (AvgIpc) is 3.36. The molecule has 332 valence electrons. The zero-order valence-corrected chi connectivity index (χ0v) is 41.8. The van der Waals surface area contributed by atoms with Gasteiger partial charge in [0.05, 0.1) is 25.4 Å². The summed E-state index contributed by atoms with van der Waals surface area (Å²) in [6.45, 7) is 39.9. The van der Waals surface area contributed by atoms with E-state index in [1.165, 1.54) is 11.1 Å². The Morgan fingerprint density at radius 3 is 1.00 bits per heavy atom. The van der Waals surface area contributed by atoms with Gasteiger partial charge in [-0.15, -0.1) is 0 Å². The van der Waals surface area contributed by atoms with Crippen molar-refractivity contribution in [3.63, 3.8) is 0 Å². The number of benzene rings is 4. The Morgan fingerprint density at radius 1 is 0.443 bits per heavy atom. The second-order valence-electron chi connectivity index (χ2n) is 20.8. The predicted octanol–water partition coefficient (Wildman–Crippen LogP) is 16.2. The standard InChI is InChI=1S/C51H70O8P2/c1-19-52-34-26-38-39-27-35(53-20-2)29-43(51(16,17)18)47(39)59-61(58-46(38)42(28-34)50(13,14)15)55-33(6)25-32(5)54-60-56-44-36(21-30(3)23-40(44)48(7,8)9)37-22-31(4)24-41(45(37)57-60)49(10,11)12/h21-24,26-29,32-33H,19-20,25H2,1-18H3/t32-,33-/m1/s1. The van der Waals surface area contributed by atoms with Crippen molar-refractivity contribution in [2.75, 3.05) is 13.2 Å². The quantitative estimate of drug-likeness (QED) is 0.134. The van der Waals surface area contributed by atoms with E-state index in [2.05, 4.69) is 145 Å². The fourth-order valence-corrected chi connectivity index (χ4v) is 10.3. The minimum Gasteiger partial charge on any atom is -0.494 e. The van der Waals surface area contributed by atoms with Gasteiger partial charge in [0.15, 0.2) is 0 Å². The van der Waals surface area contributed by atoms with Gasteiger partial charge in [0, 0.05) is 50.2 Å². The maximum Gasteiger partial charge on any atom is 0.387 e. The molecule has 6 rings (SSSR count). The van der Waals surface area contributed by atoms with Crippen LogP contribution in [0, 0.1) is 13.8 Å². The van der Waals surface area contributed by atoms with Gasteiger partial charge in [0.2, 0.25) is 0 Å². The van der Waals surface area contributed by atoms with Gasteiger partial charge in [0.1, 0.15) is 33.8 Å². The second-order valence-corrected chi connectivity index (χ2v) is 22.9. The van der Waals surface area contributed by atoms with Crippen LogP contribution >= 0.6 is 16.5 Å². The van der Waals surface area contributed by atoms with Crippen molar-refractivity contribution in [1.29, 1.82) is 0 Å². The molecule has 2 heterocycles. The lowest BCUT2D eigenvalue weighted by Crippen LogP contribution is -2.21.